The molecule has 0 spiro atoms. The van der Waals surface area contributed by atoms with Gasteiger partial charge in [-0.25, -0.2) is 5.43 Å². The standard InChI is InChI=1S/C16H18N2O3/c1-11-6-4-5-7-14(11)20-10-16(19)18-17-13(3)15-9-8-12(2)21-15/h4-9H,10H2,1-3H3,(H,18,19). The Morgan fingerprint density at radius 1 is 1.24 bits per heavy atom. The van der Waals surface area contributed by atoms with Crippen molar-refractivity contribution in [1.82, 2.24) is 5.43 Å². The van der Waals surface area contributed by atoms with Crippen molar-refractivity contribution in [2.24, 2.45) is 5.10 Å². The van der Waals surface area contributed by atoms with Gasteiger partial charge in [0.25, 0.3) is 5.91 Å². The summed E-state index contributed by atoms with van der Waals surface area (Å²) in [5.41, 5.74) is 4.03. The van der Waals surface area contributed by atoms with E-state index < -0.39 is 0 Å². The summed E-state index contributed by atoms with van der Waals surface area (Å²) in [5, 5.41) is 3.99. The first-order valence-corrected chi connectivity index (χ1v) is 6.64. The van der Waals surface area contributed by atoms with Crippen molar-refractivity contribution in [3.8, 4) is 5.75 Å². The van der Waals surface area contributed by atoms with Crippen LogP contribution < -0.4 is 10.2 Å². The van der Waals surface area contributed by atoms with Crippen LogP contribution >= 0.6 is 0 Å². The van der Waals surface area contributed by atoms with Gasteiger partial charge in [-0.3, -0.25) is 4.79 Å². The Morgan fingerprint density at radius 2 is 2.00 bits per heavy atom. The maximum atomic E-state index is 11.7. The molecule has 0 saturated heterocycles. The lowest BCUT2D eigenvalue weighted by atomic mass is 10.2. The maximum absolute atomic E-state index is 11.7. The average molecular weight is 286 g/mol. The molecule has 21 heavy (non-hydrogen) atoms. The van der Waals surface area contributed by atoms with Gasteiger partial charge < -0.3 is 9.15 Å². The summed E-state index contributed by atoms with van der Waals surface area (Å²) < 4.78 is 10.8. The number of aryl methyl sites for hydroxylation is 2. The number of hydrogen-bond donors (Lipinski definition) is 1. The van der Waals surface area contributed by atoms with Crippen LogP contribution in [-0.4, -0.2) is 18.2 Å². The molecule has 110 valence electrons. The van der Waals surface area contributed by atoms with Crippen LogP contribution in [-0.2, 0) is 4.79 Å². The predicted molar refractivity (Wildman–Crippen MR) is 80.5 cm³/mol. The van der Waals surface area contributed by atoms with E-state index in [0.717, 1.165) is 11.3 Å². The second kappa shape index (κ2) is 6.74. The van der Waals surface area contributed by atoms with Crippen molar-refractivity contribution in [2.45, 2.75) is 20.8 Å². The fraction of sp³-hybridized carbons (Fsp3) is 0.250. The smallest absolute Gasteiger partial charge is 0.277 e. The summed E-state index contributed by atoms with van der Waals surface area (Å²) in [6.07, 6.45) is 0. The first kappa shape index (κ1) is 14.8. The van der Waals surface area contributed by atoms with Crippen LogP contribution in [0.1, 0.15) is 24.0 Å². The summed E-state index contributed by atoms with van der Waals surface area (Å²) >= 11 is 0. The lowest BCUT2D eigenvalue weighted by Crippen LogP contribution is -2.25. The lowest BCUT2D eigenvalue weighted by molar-refractivity contribution is -0.123. The SMILES string of the molecule is CC(=NNC(=O)COc1ccccc1C)c1ccc(C)o1. The molecule has 1 aromatic carbocycles. The number of benzene rings is 1. The van der Waals surface area contributed by atoms with Gasteiger partial charge in [-0.15, -0.1) is 0 Å². The number of furan rings is 1. The minimum Gasteiger partial charge on any atom is -0.483 e. The van der Waals surface area contributed by atoms with Crippen LogP contribution in [0.2, 0.25) is 0 Å². The van der Waals surface area contributed by atoms with E-state index in [1.165, 1.54) is 0 Å². The summed E-state index contributed by atoms with van der Waals surface area (Å²) in [4.78, 5) is 11.7. The van der Waals surface area contributed by atoms with Crippen molar-refractivity contribution in [1.29, 1.82) is 0 Å². The number of nitrogens with one attached hydrogen (secondary N) is 1. The highest BCUT2D eigenvalue weighted by Crippen LogP contribution is 2.15. The van der Waals surface area contributed by atoms with E-state index in [2.05, 4.69) is 10.5 Å². The zero-order valence-corrected chi connectivity index (χ0v) is 12.3. The minimum absolute atomic E-state index is 0.0845. The van der Waals surface area contributed by atoms with Gasteiger partial charge in [0.2, 0.25) is 0 Å². The molecule has 0 bridgehead atoms. The highest BCUT2D eigenvalue weighted by molar-refractivity contribution is 5.96. The fourth-order valence-corrected chi connectivity index (χ4v) is 1.72. The maximum Gasteiger partial charge on any atom is 0.277 e. The molecular weight excluding hydrogens is 268 g/mol. The third kappa shape index (κ3) is 4.21. The van der Waals surface area contributed by atoms with Gasteiger partial charge in [0.05, 0.1) is 0 Å². The quantitative estimate of drug-likeness (QED) is 0.679. The Morgan fingerprint density at radius 3 is 2.67 bits per heavy atom. The number of para-hydroxylation sites is 1. The van der Waals surface area contributed by atoms with Gasteiger partial charge >= 0.3 is 0 Å². The molecule has 1 aromatic heterocycles. The van der Waals surface area contributed by atoms with Crippen LogP contribution in [0.15, 0.2) is 45.9 Å². The Kier molecular flexibility index (Phi) is 4.77. The van der Waals surface area contributed by atoms with E-state index in [1.54, 1.807) is 6.92 Å². The van der Waals surface area contributed by atoms with Crippen molar-refractivity contribution in [3.63, 3.8) is 0 Å². The van der Waals surface area contributed by atoms with Gasteiger partial charge in [-0.2, -0.15) is 5.10 Å². The second-order valence-corrected chi connectivity index (χ2v) is 4.70. The molecule has 5 nitrogen and oxygen atoms in total. The summed E-state index contributed by atoms with van der Waals surface area (Å²) in [6, 6.07) is 11.2. The van der Waals surface area contributed by atoms with Crippen LogP contribution in [0.25, 0.3) is 0 Å². The molecule has 0 aliphatic rings. The van der Waals surface area contributed by atoms with Crippen molar-refractivity contribution >= 4 is 11.6 Å². The summed E-state index contributed by atoms with van der Waals surface area (Å²) in [6.45, 7) is 5.46. The number of hydrogen-bond acceptors (Lipinski definition) is 4. The van der Waals surface area contributed by atoms with Gasteiger partial charge in [0.1, 0.15) is 23.0 Å². The van der Waals surface area contributed by atoms with E-state index in [0.29, 0.717) is 17.2 Å². The number of rotatable bonds is 5. The number of ether oxygens (including phenoxy) is 1. The zero-order valence-electron chi connectivity index (χ0n) is 12.3. The number of carbonyl (C=O) groups is 1. The minimum atomic E-state index is -0.319. The van der Waals surface area contributed by atoms with Crippen molar-refractivity contribution < 1.29 is 13.9 Å². The van der Waals surface area contributed by atoms with Gasteiger partial charge in [-0.1, -0.05) is 18.2 Å². The third-order valence-electron chi connectivity index (χ3n) is 2.90. The number of carbonyl (C=O) groups excluding carboxylic acids is 1. The predicted octanol–water partition coefficient (Wildman–Crippen LogP) is 2.82. The molecule has 2 rings (SSSR count). The highest BCUT2D eigenvalue weighted by atomic mass is 16.5. The lowest BCUT2D eigenvalue weighted by Gasteiger charge is -2.07. The van der Waals surface area contributed by atoms with Crippen molar-refractivity contribution in [3.05, 3.63) is 53.5 Å². The fourth-order valence-electron chi connectivity index (χ4n) is 1.72. The highest BCUT2D eigenvalue weighted by Gasteiger charge is 2.06. The number of amides is 1. The zero-order chi connectivity index (χ0) is 15.2. The first-order chi connectivity index (χ1) is 10.1. The third-order valence-corrected chi connectivity index (χ3v) is 2.90. The first-order valence-electron chi connectivity index (χ1n) is 6.64. The molecule has 0 aliphatic carbocycles. The molecule has 2 aromatic rings. The van der Waals surface area contributed by atoms with E-state index >= 15 is 0 Å². The van der Waals surface area contributed by atoms with E-state index in [-0.39, 0.29) is 12.5 Å². The molecular formula is C16H18N2O3. The van der Waals surface area contributed by atoms with Gasteiger partial charge in [0, 0.05) is 0 Å². The Labute approximate surface area is 123 Å². The molecule has 0 atom stereocenters. The van der Waals surface area contributed by atoms with Crippen LogP contribution in [0.5, 0.6) is 5.75 Å². The average Bonchev–Trinajstić information content (AvgIpc) is 2.90. The molecule has 1 heterocycles. The number of nitrogens with zero attached hydrogens (tertiary/aromatic N) is 1. The van der Waals surface area contributed by atoms with E-state index in [9.17, 15) is 4.79 Å². The molecule has 0 radical (unpaired) electrons. The monoisotopic (exact) mass is 286 g/mol. The topological polar surface area (TPSA) is 63.8 Å². The summed E-state index contributed by atoms with van der Waals surface area (Å²) in [7, 11) is 0. The van der Waals surface area contributed by atoms with Crippen LogP contribution in [0, 0.1) is 13.8 Å². The number of hydrazone groups is 1. The van der Waals surface area contributed by atoms with Gasteiger partial charge in [-0.05, 0) is 44.5 Å². The van der Waals surface area contributed by atoms with Gasteiger partial charge in [0.15, 0.2) is 6.61 Å². The molecule has 0 saturated carbocycles. The Hall–Kier alpha value is -2.56. The van der Waals surface area contributed by atoms with E-state index in [1.807, 2.05) is 50.2 Å². The van der Waals surface area contributed by atoms with Crippen molar-refractivity contribution in [2.75, 3.05) is 6.61 Å². The largest absolute Gasteiger partial charge is 0.483 e. The molecule has 1 N–H and O–H groups in total. The molecule has 1 amide bonds. The molecule has 0 fully saturated rings. The molecule has 0 unspecified atom stereocenters. The van der Waals surface area contributed by atoms with Crippen LogP contribution in [0.4, 0.5) is 0 Å². The normalized spacial score (nSPS) is 11.3. The molecule has 5 heteroatoms. The molecule has 0 aliphatic heterocycles. The summed E-state index contributed by atoms with van der Waals surface area (Å²) in [5.74, 6) is 1.80. The van der Waals surface area contributed by atoms with E-state index in [4.69, 9.17) is 9.15 Å². The second-order valence-electron chi connectivity index (χ2n) is 4.70. The Balaban J connectivity index is 1.86. The Bertz CT molecular complexity index is 659. The van der Waals surface area contributed by atoms with Crippen LogP contribution in [0.3, 0.4) is 0 Å².